The highest BCUT2D eigenvalue weighted by molar-refractivity contribution is 5.95. The Hall–Kier alpha value is -0.790. The lowest BCUT2D eigenvalue weighted by atomic mass is 10.1. The first-order valence-corrected chi connectivity index (χ1v) is 4.60. The van der Waals surface area contributed by atoms with Crippen molar-refractivity contribution < 1.29 is 4.79 Å². The van der Waals surface area contributed by atoms with Gasteiger partial charge >= 0.3 is 0 Å². The second-order valence-electron chi connectivity index (χ2n) is 3.60. The van der Waals surface area contributed by atoms with Crippen LogP contribution in [-0.4, -0.2) is 24.8 Å². The minimum atomic E-state index is 0.348. The van der Waals surface area contributed by atoms with Gasteiger partial charge in [-0.25, -0.2) is 0 Å². The minimum Gasteiger partial charge on any atom is -0.383 e. The van der Waals surface area contributed by atoms with E-state index in [1.165, 1.54) is 12.8 Å². The third-order valence-corrected chi connectivity index (χ3v) is 2.12. The normalized spacial score (nSPS) is 22.5. The molecule has 2 nitrogen and oxygen atoms in total. The molecule has 0 unspecified atom stereocenters. The summed E-state index contributed by atoms with van der Waals surface area (Å²) in [5.41, 5.74) is 1.01. The summed E-state index contributed by atoms with van der Waals surface area (Å²) in [4.78, 5) is 13.4. The molecule has 68 valence electrons. The Morgan fingerprint density at radius 1 is 1.17 bits per heavy atom. The zero-order valence-electron chi connectivity index (χ0n) is 7.97. The van der Waals surface area contributed by atoms with Gasteiger partial charge in [-0.15, -0.1) is 0 Å². The highest BCUT2D eigenvalue weighted by Crippen LogP contribution is 2.19. The molecule has 0 aromatic heterocycles. The summed E-state index contributed by atoms with van der Waals surface area (Å²) in [5.74, 6) is 0.348. The number of nitrogens with zero attached hydrogens (tertiary/aromatic N) is 1. The molecule has 0 spiro atoms. The molecule has 0 aromatic carbocycles. The van der Waals surface area contributed by atoms with Gasteiger partial charge in [-0.05, 0) is 19.3 Å². The van der Waals surface area contributed by atoms with Crippen molar-refractivity contribution in [1.82, 2.24) is 4.90 Å². The van der Waals surface area contributed by atoms with Crippen LogP contribution < -0.4 is 0 Å². The fraction of sp³-hybridized carbons (Fsp3) is 0.700. The van der Waals surface area contributed by atoms with Gasteiger partial charge in [0.05, 0.1) is 0 Å². The van der Waals surface area contributed by atoms with E-state index in [0.717, 1.165) is 24.8 Å². The van der Waals surface area contributed by atoms with Crippen molar-refractivity contribution in [3.05, 3.63) is 11.8 Å². The van der Waals surface area contributed by atoms with Gasteiger partial charge in [0.15, 0.2) is 5.78 Å². The Labute approximate surface area is 74.2 Å². The van der Waals surface area contributed by atoms with Gasteiger partial charge in [-0.2, -0.15) is 0 Å². The second kappa shape index (κ2) is 4.29. The molecule has 0 aliphatic heterocycles. The summed E-state index contributed by atoms with van der Waals surface area (Å²) in [6.45, 7) is 0. The van der Waals surface area contributed by atoms with Gasteiger partial charge in [-0.1, -0.05) is 6.42 Å². The van der Waals surface area contributed by atoms with E-state index in [1.54, 1.807) is 0 Å². The zero-order chi connectivity index (χ0) is 8.97. The van der Waals surface area contributed by atoms with Crippen LogP contribution in [0, 0.1) is 0 Å². The second-order valence-corrected chi connectivity index (χ2v) is 3.60. The SMILES string of the molecule is CN(C)/C=C1\CCCCCC1=O. The van der Waals surface area contributed by atoms with Crippen LogP contribution in [0.2, 0.25) is 0 Å². The summed E-state index contributed by atoms with van der Waals surface area (Å²) in [6.07, 6.45) is 7.13. The number of hydrogen-bond donors (Lipinski definition) is 0. The van der Waals surface area contributed by atoms with Gasteiger partial charge in [-0.3, -0.25) is 4.79 Å². The first-order valence-electron chi connectivity index (χ1n) is 4.60. The van der Waals surface area contributed by atoms with E-state index in [1.807, 2.05) is 25.2 Å². The molecule has 0 saturated heterocycles. The van der Waals surface area contributed by atoms with Gasteiger partial charge in [0.1, 0.15) is 0 Å². The van der Waals surface area contributed by atoms with Crippen LogP contribution in [0.3, 0.4) is 0 Å². The fourth-order valence-electron chi connectivity index (χ4n) is 1.53. The Kier molecular flexibility index (Phi) is 3.32. The van der Waals surface area contributed by atoms with E-state index in [2.05, 4.69) is 0 Å². The molecule has 0 bridgehead atoms. The molecule has 1 fully saturated rings. The van der Waals surface area contributed by atoms with Crippen LogP contribution in [0.1, 0.15) is 32.1 Å². The number of rotatable bonds is 1. The van der Waals surface area contributed by atoms with E-state index < -0.39 is 0 Å². The molecule has 0 heterocycles. The predicted octanol–water partition coefficient (Wildman–Crippen LogP) is 1.97. The summed E-state index contributed by atoms with van der Waals surface area (Å²) < 4.78 is 0. The maximum Gasteiger partial charge on any atom is 0.160 e. The quantitative estimate of drug-likeness (QED) is 0.439. The third kappa shape index (κ3) is 2.68. The van der Waals surface area contributed by atoms with E-state index in [-0.39, 0.29) is 0 Å². The lowest BCUT2D eigenvalue weighted by Crippen LogP contribution is -2.08. The number of carbonyl (C=O) groups is 1. The van der Waals surface area contributed by atoms with Crippen molar-refractivity contribution >= 4 is 5.78 Å². The predicted molar refractivity (Wildman–Crippen MR) is 49.9 cm³/mol. The third-order valence-electron chi connectivity index (χ3n) is 2.12. The molecular weight excluding hydrogens is 150 g/mol. The molecule has 1 saturated carbocycles. The summed E-state index contributed by atoms with van der Waals surface area (Å²) in [6, 6.07) is 0. The van der Waals surface area contributed by atoms with Crippen molar-refractivity contribution in [2.24, 2.45) is 0 Å². The molecular formula is C10H17NO. The Morgan fingerprint density at radius 2 is 1.83 bits per heavy atom. The van der Waals surface area contributed by atoms with Gasteiger partial charge in [0.25, 0.3) is 0 Å². The van der Waals surface area contributed by atoms with Crippen molar-refractivity contribution in [2.45, 2.75) is 32.1 Å². The molecule has 1 aliphatic rings. The van der Waals surface area contributed by atoms with Crippen LogP contribution in [-0.2, 0) is 4.79 Å². The summed E-state index contributed by atoms with van der Waals surface area (Å²) in [7, 11) is 3.93. The Morgan fingerprint density at radius 3 is 2.50 bits per heavy atom. The van der Waals surface area contributed by atoms with E-state index in [0.29, 0.717) is 5.78 Å². The van der Waals surface area contributed by atoms with Crippen LogP contribution in [0.15, 0.2) is 11.8 Å². The molecule has 0 aromatic rings. The molecule has 0 N–H and O–H groups in total. The number of allylic oxidation sites excluding steroid dienone is 1. The van der Waals surface area contributed by atoms with E-state index in [9.17, 15) is 4.79 Å². The number of Topliss-reactive ketones (excluding diaryl/α,β-unsaturated/α-hetero) is 1. The number of hydrogen-bond acceptors (Lipinski definition) is 2. The largest absolute Gasteiger partial charge is 0.383 e. The van der Waals surface area contributed by atoms with Crippen molar-refractivity contribution in [3.63, 3.8) is 0 Å². The van der Waals surface area contributed by atoms with E-state index >= 15 is 0 Å². The monoisotopic (exact) mass is 167 g/mol. The number of carbonyl (C=O) groups excluding carboxylic acids is 1. The maximum absolute atomic E-state index is 11.5. The number of ketones is 1. The van der Waals surface area contributed by atoms with Crippen LogP contribution in [0.25, 0.3) is 0 Å². The molecule has 1 aliphatic carbocycles. The highest BCUT2D eigenvalue weighted by Gasteiger charge is 2.12. The minimum absolute atomic E-state index is 0.348. The molecule has 12 heavy (non-hydrogen) atoms. The molecule has 0 amide bonds. The Balaban J connectivity index is 2.65. The van der Waals surface area contributed by atoms with Crippen molar-refractivity contribution in [1.29, 1.82) is 0 Å². The van der Waals surface area contributed by atoms with Gasteiger partial charge < -0.3 is 4.90 Å². The molecule has 0 atom stereocenters. The lowest BCUT2D eigenvalue weighted by Gasteiger charge is -2.08. The van der Waals surface area contributed by atoms with Gasteiger partial charge in [0.2, 0.25) is 0 Å². The first kappa shape index (κ1) is 9.30. The van der Waals surface area contributed by atoms with E-state index in [4.69, 9.17) is 0 Å². The lowest BCUT2D eigenvalue weighted by molar-refractivity contribution is -0.115. The maximum atomic E-state index is 11.5. The average molecular weight is 167 g/mol. The van der Waals surface area contributed by atoms with Crippen LogP contribution >= 0.6 is 0 Å². The molecule has 0 radical (unpaired) electrons. The molecule has 2 heteroatoms. The summed E-state index contributed by atoms with van der Waals surface area (Å²) in [5, 5.41) is 0. The summed E-state index contributed by atoms with van der Waals surface area (Å²) >= 11 is 0. The Bertz CT molecular complexity index is 194. The van der Waals surface area contributed by atoms with Crippen LogP contribution in [0.4, 0.5) is 0 Å². The van der Waals surface area contributed by atoms with Gasteiger partial charge in [0, 0.05) is 32.3 Å². The standard InChI is InChI=1S/C10H17NO/c1-11(2)8-9-6-4-3-5-7-10(9)12/h8H,3-7H2,1-2H3/b9-8+. The highest BCUT2D eigenvalue weighted by atomic mass is 16.1. The van der Waals surface area contributed by atoms with Crippen LogP contribution in [0.5, 0.6) is 0 Å². The first-order chi connectivity index (χ1) is 5.70. The molecule has 1 rings (SSSR count). The fourth-order valence-corrected chi connectivity index (χ4v) is 1.53. The van der Waals surface area contributed by atoms with Crippen molar-refractivity contribution in [2.75, 3.05) is 14.1 Å². The average Bonchev–Trinajstić information content (AvgIpc) is 2.16. The van der Waals surface area contributed by atoms with Crippen molar-refractivity contribution in [3.8, 4) is 0 Å². The smallest absolute Gasteiger partial charge is 0.160 e. The topological polar surface area (TPSA) is 20.3 Å². The zero-order valence-corrected chi connectivity index (χ0v) is 7.97.